The molecule has 0 radical (unpaired) electrons. The van der Waals surface area contributed by atoms with E-state index in [1.165, 1.54) is 4.90 Å². The maximum atomic E-state index is 12.9. The van der Waals surface area contributed by atoms with Crippen molar-refractivity contribution in [1.29, 1.82) is 5.26 Å². The molecule has 5 nitrogen and oxygen atoms in total. The van der Waals surface area contributed by atoms with Gasteiger partial charge in [-0.25, -0.2) is 0 Å². The van der Waals surface area contributed by atoms with E-state index in [2.05, 4.69) is 0 Å². The van der Waals surface area contributed by atoms with Crippen molar-refractivity contribution in [1.82, 2.24) is 4.90 Å². The number of carbonyl (C=O) groups is 2. The Morgan fingerprint density at radius 1 is 1.20 bits per heavy atom. The molecule has 1 aromatic rings. The van der Waals surface area contributed by atoms with Gasteiger partial charge in [0.2, 0.25) is 0 Å². The van der Waals surface area contributed by atoms with Gasteiger partial charge in [-0.05, 0) is 56.5 Å². The molecule has 25 heavy (non-hydrogen) atoms. The van der Waals surface area contributed by atoms with E-state index in [0.717, 1.165) is 11.3 Å². The zero-order valence-electron chi connectivity index (χ0n) is 15.0. The molecule has 0 spiro atoms. The average Bonchev–Trinajstić information content (AvgIpc) is 2.60. The lowest BCUT2D eigenvalue weighted by molar-refractivity contribution is -0.142. The number of amides is 2. The molecule has 2 rings (SSSR count). The van der Waals surface area contributed by atoms with Gasteiger partial charge in [-0.3, -0.25) is 14.5 Å². The minimum Gasteiger partial charge on any atom is -0.494 e. The molecule has 0 bridgehead atoms. The number of nitrogens with zero attached hydrogens (tertiary/aromatic N) is 2. The monoisotopic (exact) mass is 338 g/mol. The van der Waals surface area contributed by atoms with Crippen LogP contribution in [0.5, 0.6) is 5.75 Å². The van der Waals surface area contributed by atoms with Crippen LogP contribution in [0.2, 0.25) is 0 Å². The fourth-order valence-corrected chi connectivity index (χ4v) is 2.68. The van der Waals surface area contributed by atoms with E-state index in [0.29, 0.717) is 24.2 Å². The van der Waals surface area contributed by atoms with E-state index < -0.39 is 5.91 Å². The second-order valence-electron chi connectivity index (χ2n) is 5.91. The van der Waals surface area contributed by atoms with Gasteiger partial charge in [-0.2, -0.15) is 5.26 Å². The summed E-state index contributed by atoms with van der Waals surface area (Å²) >= 11 is 0. The van der Waals surface area contributed by atoms with E-state index in [-0.39, 0.29) is 17.5 Å². The normalized spacial score (nSPS) is 17.7. The Hall–Kier alpha value is -2.87. The molecule has 0 N–H and O–H groups in total. The summed E-state index contributed by atoms with van der Waals surface area (Å²) in [4.78, 5) is 26.5. The third-order valence-electron chi connectivity index (χ3n) is 4.31. The molecule has 0 aromatic heterocycles. The number of hydrogen-bond acceptors (Lipinski definition) is 4. The highest BCUT2D eigenvalue weighted by Crippen LogP contribution is 2.29. The maximum absolute atomic E-state index is 12.9. The highest BCUT2D eigenvalue weighted by Gasteiger charge is 2.37. The van der Waals surface area contributed by atoms with Gasteiger partial charge in [0.05, 0.1) is 6.61 Å². The Morgan fingerprint density at radius 3 is 2.36 bits per heavy atom. The Balaban J connectivity index is 2.50. The van der Waals surface area contributed by atoms with Gasteiger partial charge in [-0.15, -0.1) is 0 Å². The van der Waals surface area contributed by atoms with E-state index in [9.17, 15) is 14.9 Å². The van der Waals surface area contributed by atoms with Gasteiger partial charge in [0.25, 0.3) is 11.8 Å². The van der Waals surface area contributed by atoms with Crippen molar-refractivity contribution in [2.24, 2.45) is 0 Å². The Labute approximate surface area is 148 Å². The standard InChI is InChI=1S/C20H22N2O3/c1-5-13(3)22-19(23)17(14(4)18(12-21)20(22)24)11-15-7-9-16(10-8-15)25-6-2/h7-11,13H,5-6H2,1-4H3/b17-11+. The number of rotatable bonds is 5. The summed E-state index contributed by atoms with van der Waals surface area (Å²) in [5.74, 6) is -0.117. The summed E-state index contributed by atoms with van der Waals surface area (Å²) < 4.78 is 5.41. The van der Waals surface area contributed by atoms with Crippen LogP contribution in [-0.2, 0) is 9.59 Å². The lowest BCUT2D eigenvalue weighted by atomic mass is 9.92. The topological polar surface area (TPSA) is 70.4 Å². The van der Waals surface area contributed by atoms with Crippen molar-refractivity contribution in [2.45, 2.75) is 40.2 Å². The van der Waals surface area contributed by atoms with Crippen LogP contribution in [0.3, 0.4) is 0 Å². The van der Waals surface area contributed by atoms with Gasteiger partial charge >= 0.3 is 0 Å². The molecule has 1 aromatic carbocycles. The first kappa shape index (κ1) is 18.5. The summed E-state index contributed by atoms with van der Waals surface area (Å²) in [6, 6.07) is 9.02. The van der Waals surface area contributed by atoms with Gasteiger partial charge in [0.1, 0.15) is 17.4 Å². The largest absolute Gasteiger partial charge is 0.494 e. The first-order valence-electron chi connectivity index (χ1n) is 8.38. The molecule has 0 aliphatic carbocycles. The average molecular weight is 338 g/mol. The van der Waals surface area contributed by atoms with Crippen LogP contribution in [0.15, 0.2) is 41.0 Å². The molecule has 1 atom stereocenters. The van der Waals surface area contributed by atoms with Gasteiger partial charge in [0.15, 0.2) is 0 Å². The lowest BCUT2D eigenvalue weighted by Crippen LogP contribution is -2.47. The van der Waals surface area contributed by atoms with E-state index >= 15 is 0 Å². The molecular weight excluding hydrogens is 316 g/mol. The molecule has 5 heteroatoms. The number of benzene rings is 1. The molecule has 1 aliphatic heterocycles. The number of ether oxygens (including phenoxy) is 1. The van der Waals surface area contributed by atoms with Crippen LogP contribution < -0.4 is 4.74 Å². The summed E-state index contributed by atoms with van der Waals surface area (Å²) in [5, 5.41) is 9.36. The number of carbonyl (C=O) groups excluding carboxylic acids is 2. The highest BCUT2D eigenvalue weighted by molar-refractivity contribution is 6.19. The predicted molar refractivity (Wildman–Crippen MR) is 95.5 cm³/mol. The predicted octanol–water partition coefficient (Wildman–Crippen LogP) is 3.48. The fraction of sp³-hybridized carbons (Fsp3) is 0.350. The Bertz CT molecular complexity index is 782. The van der Waals surface area contributed by atoms with Crippen LogP contribution in [0.25, 0.3) is 6.08 Å². The molecule has 130 valence electrons. The van der Waals surface area contributed by atoms with Gasteiger partial charge in [0, 0.05) is 11.6 Å². The van der Waals surface area contributed by atoms with Crippen molar-refractivity contribution in [2.75, 3.05) is 6.61 Å². The van der Waals surface area contributed by atoms with E-state index in [1.807, 2.05) is 44.2 Å². The molecule has 2 amide bonds. The molecule has 1 heterocycles. The maximum Gasteiger partial charge on any atom is 0.271 e. The van der Waals surface area contributed by atoms with Crippen molar-refractivity contribution < 1.29 is 14.3 Å². The number of nitriles is 1. The quantitative estimate of drug-likeness (QED) is 0.609. The minimum absolute atomic E-state index is 0.0251. The summed E-state index contributed by atoms with van der Waals surface area (Å²) in [7, 11) is 0. The van der Waals surface area contributed by atoms with Gasteiger partial charge in [-0.1, -0.05) is 19.1 Å². The van der Waals surface area contributed by atoms with E-state index in [4.69, 9.17) is 4.74 Å². The first-order valence-corrected chi connectivity index (χ1v) is 8.38. The Morgan fingerprint density at radius 2 is 1.84 bits per heavy atom. The third kappa shape index (κ3) is 3.63. The summed E-state index contributed by atoms with van der Waals surface area (Å²) in [5.41, 5.74) is 1.63. The number of hydrogen-bond donors (Lipinski definition) is 0. The third-order valence-corrected chi connectivity index (χ3v) is 4.31. The highest BCUT2D eigenvalue weighted by atomic mass is 16.5. The second kappa shape index (κ2) is 7.80. The molecule has 1 unspecified atom stereocenters. The zero-order valence-corrected chi connectivity index (χ0v) is 15.0. The molecule has 1 aliphatic rings. The van der Waals surface area contributed by atoms with Crippen LogP contribution >= 0.6 is 0 Å². The lowest BCUT2D eigenvalue weighted by Gasteiger charge is -2.31. The molecule has 0 fully saturated rings. The number of imide groups is 1. The van der Waals surface area contributed by atoms with Gasteiger partial charge < -0.3 is 4.74 Å². The van der Waals surface area contributed by atoms with Crippen molar-refractivity contribution in [3.05, 3.63) is 46.5 Å². The molecule has 0 saturated carbocycles. The van der Waals surface area contributed by atoms with Crippen molar-refractivity contribution in [3.63, 3.8) is 0 Å². The van der Waals surface area contributed by atoms with Crippen LogP contribution in [0.4, 0.5) is 0 Å². The minimum atomic E-state index is -0.511. The van der Waals surface area contributed by atoms with Crippen molar-refractivity contribution >= 4 is 17.9 Å². The molecule has 0 saturated heterocycles. The van der Waals surface area contributed by atoms with E-state index in [1.54, 1.807) is 19.9 Å². The SMILES string of the molecule is CCOc1ccc(/C=C2/C(=O)N(C(C)CC)C(=O)C(C#N)=C2C)cc1. The zero-order chi connectivity index (χ0) is 18.6. The smallest absolute Gasteiger partial charge is 0.271 e. The van der Waals surface area contributed by atoms with Crippen LogP contribution in [0.1, 0.15) is 39.7 Å². The van der Waals surface area contributed by atoms with Crippen molar-refractivity contribution in [3.8, 4) is 11.8 Å². The fourth-order valence-electron chi connectivity index (χ4n) is 2.68. The van der Waals surface area contributed by atoms with Crippen LogP contribution in [-0.4, -0.2) is 29.4 Å². The Kier molecular flexibility index (Phi) is 5.76. The summed E-state index contributed by atoms with van der Waals surface area (Å²) in [6.07, 6.45) is 2.35. The molecular formula is C20H22N2O3. The van der Waals surface area contributed by atoms with Crippen LogP contribution in [0, 0.1) is 11.3 Å². The second-order valence-corrected chi connectivity index (χ2v) is 5.91. The summed E-state index contributed by atoms with van der Waals surface area (Å²) in [6.45, 7) is 7.84. The first-order chi connectivity index (χ1) is 11.9.